The summed E-state index contributed by atoms with van der Waals surface area (Å²) in [7, 11) is 0. The molecule has 0 spiro atoms. The van der Waals surface area contributed by atoms with Gasteiger partial charge in [0.25, 0.3) is 5.56 Å². The zero-order valence-corrected chi connectivity index (χ0v) is 15.3. The lowest BCUT2D eigenvalue weighted by Gasteiger charge is -2.22. The summed E-state index contributed by atoms with van der Waals surface area (Å²) in [6, 6.07) is 9.71. The first-order chi connectivity index (χ1) is 12.5. The number of rotatable bonds is 5. The molecular formula is C19H17FN4OS. The second-order valence-electron chi connectivity index (χ2n) is 5.70. The fourth-order valence-corrected chi connectivity index (χ4v) is 3.75. The summed E-state index contributed by atoms with van der Waals surface area (Å²) in [6.45, 7) is 5.04. The van der Waals surface area contributed by atoms with E-state index in [2.05, 4.69) is 4.98 Å². The van der Waals surface area contributed by atoms with Crippen molar-refractivity contribution in [2.24, 2.45) is 0 Å². The van der Waals surface area contributed by atoms with Crippen molar-refractivity contribution in [3.8, 4) is 6.07 Å². The third kappa shape index (κ3) is 3.51. The summed E-state index contributed by atoms with van der Waals surface area (Å²) >= 11 is 1.41. The number of nitriles is 1. The van der Waals surface area contributed by atoms with Gasteiger partial charge >= 0.3 is 0 Å². The van der Waals surface area contributed by atoms with Crippen LogP contribution < -0.4 is 10.5 Å². The zero-order valence-electron chi connectivity index (χ0n) is 14.4. The van der Waals surface area contributed by atoms with Crippen LogP contribution in [-0.2, 0) is 6.54 Å². The Kier molecular flexibility index (Phi) is 5.14. The topological polar surface area (TPSA) is 61.4 Å². The molecule has 0 atom stereocenters. The van der Waals surface area contributed by atoms with Crippen LogP contribution in [0.5, 0.6) is 0 Å². The number of aromatic nitrogens is 2. The molecule has 0 aliphatic rings. The minimum atomic E-state index is -0.283. The first kappa shape index (κ1) is 17.8. The molecule has 0 fully saturated rings. The lowest BCUT2D eigenvalue weighted by atomic mass is 10.2. The number of nitrogens with zero attached hydrogens (tertiary/aromatic N) is 4. The van der Waals surface area contributed by atoms with Crippen LogP contribution in [0.2, 0.25) is 0 Å². The van der Waals surface area contributed by atoms with E-state index in [-0.39, 0.29) is 11.4 Å². The fraction of sp³-hybridized carbons (Fsp3) is 0.211. The Morgan fingerprint density at radius 3 is 2.77 bits per heavy atom. The average molecular weight is 368 g/mol. The van der Waals surface area contributed by atoms with E-state index in [1.807, 2.05) is 24.8 Å². The number of fused-ring (bicyclic) bond motifs is 1. The van der Waals surface area contributed by atoms with E-state index in [0.717, 1.165) is 10.6 Å². The van der Waals surface area contributed by atoms with E-state index in [4.69, 9.17) is 5.26 Å². The number of aryl methyl sites for hydroxylation is 1. The monoisotopic (exact) mass is 368 g/mol. The van der Waals surface area contributed by atoms with Crippen molar-refractivity contribution >= 4 is 28.1 Å². The highest BCUT2D eigenvalue weighted by atomic mass is 32.1. The maximum absolute atomic E-state index is 13.1. The summed E-state index contributed by atoms with van der Waals surface area (Å²) in [5.74, 6) is -0.283. The molecule has 1 aromatic carbocycles. The Morgan fingerprint density at radius 2 is 2.12 bits per heavy atom. The van der Waals surface area contributed by atoms with Gasteiger partial charge in [0.05, 0.1) is 24.0 Å². The van der Waals surface area contributed by atoms with E-state index in [0.29, 0.717) is 29.4 Å². The minimum absolute atomic E-state index is 0.179. The van der Waals surface area contributed by atoms with Crippen LogP contribution in [-0.4, -0.2) is 15.9 Å². The number of anilines is 1. The Morgan fingerprint density at radius 1 is 1.38 bits per heavy atom. The van der Waals surface area contributed by atoms with Gasteiger partial charge in [-0.25, -0.2) is 9.37 Å². The van der Waals surface area contributed by atoms with Crippen molar-refractivity contribution in [2.75, 3.05) is 11.4 Å². The Hall–Kier alpha value is -2.98. The smallest absolute Gasteiger partial charge is 0.259 e. The molecule has 26 heavy (non-hydrogen) atoms. The Bertz CT molecular complexity index is 1060. The van der Waals surface area contributed by atoms with Crippen molar-refractivity contribution in [3.05, 3.63) is 68.8 Å². The van der Waals surface area contributed by atoms with Crippen LogP contribution >= 0.6 is 11.3 Å². The van der Waals surface area contributed by atoms with E-state index in [9.17, 15) is 9.18 Å². The first-order valence-electron chi connectivity index (χ1n) is 8.12. The Labute approximate surface area is 154 Å². The molecule has 5 nitrogen and oxygen atoms in total. The zero-order chi connectivity index (χ0) is 18.7. The molecule has 0 bridgehead atoms. The molecule has 2 heterocycles. The maximum Gasteiger partial charge on any atom is 0.259 e. The minimum Gasteiger partial charge on any atom is -0.366 e. The maximum atomic E-state index is 13.1. The van der Waals surface area contributed by atoms with Gasteiger partial charge in [-0.05, 0) is 44.2 Å². The summed E-state index contributed by atoms with van der Waals surface area (Å²) in [6.07, 6.45) is 2.97. The van der Waals surface area contributed by atoms with Crippen LogP contribution in [0.1, 0.15) is 23.2 Å². The molecule has 0 saturated heterocycles. The highest BCUT2D eigenvalue weighted by Gasteiger charge is 2.13. The van der Waals surface area contributed by atoms with Crippen molar-refractivity contribution in [1.29, 1.82) is 5.26 Å². The number of hydrogen-bond donors (Lipinski definition) is 0. The highest BCUT2D eigenvalue weighted by molar-refractivity contribution is 7.17. The lowest BCUT2D eigenvalue weighted by Crippen LogP contribution is -2.24. The van der Waals surface area contributed by atoms with Crippen molar-refractivity contribution < 1.29 is 4.39 Å². The number of halogens is 1. The molecule has 132 valence electrons. The number of thiazole rings is 1. The van der Waals surface area contributed by atoms with Crippen molar-refractivity contribution in [3.63, 3.8) is 0 Å². The third-order valence-electron chi connectivity index (χ3n) is 4.03. The summed E-state index contributed by atoms with van der Waals surface area (Å²) in [4.78, 5) is 20.7. The molecule has 0 aliphatic heterocycles. The number of hydrogen-bond acceptors (Lipinski definition) is 5. The van der Waals surface area contributed by atoms with Gasteiger partial charge in [0.1, 0.15) is 5.82 Å². The van der Waals surface area contributed by atoms with Crippen LogP contribution in [0.15, 0.2) is 41.2 Å². The lowest BCUT2D eigenvalue weighted by molar-refractivity contribution is 0.627. The van der Waals surface area contributed by atoms with Gasteiger partial charge < -0.3 is 4.90 Å². The second-order valence-corrected chi connectivity index (χ2v) is 6.88. The summed E-state index contributed by atoms with van der Waals surface area (Å²) in [5.41, 5.74) is 2.03. The molecule has 0 aliphatic carbocycles. The fourth-order valence-electron chi connectivity index (χ4n) is 2.77. The van der Waals surface area contributed by atoms with Gasteiger partial charge in [-0.3, -0.25) is 9.20 Å². The molecule has 0 saturated carbocycles. The standard InChI is InChI=1S/C19H17FN4OS/c1-3-23(16-8-6-14(20)7-9-16)12-15-11-18(25)24-17(5-4-10-21)13(2)26-19(24)22-15/h4-9,11H,3,12H2,1-2H3/b5-4-. The normalized spacial score (nSPS) is 11.2. The van der Waals surface area contributed by atoms with Crippen LogP contribution in [0, 0.1) is 24.1 Å². The van der Waals surface area contributed by atoms with E-state index in [1.165, 1.54) is 40.0 Å². The number of benzene rings is 1. The number of allylic oxidation sites excluding steroid dienone is 1. The van der Waals surface area contributed by atoms with Crippen molar-refractivity contribution in [2.45, 2.75) is 20.4 Å². The van der Waals surface area contributed by atoms with E-state index >= 15 is 0 Å². The quantitative estimate of drug-likeness (QED) is 0.643. The van der Waals surface area contributed by atoms with Gasteiger partial charge in [-0.2, -0.15) is 5.26 Å². The molecule has 3 rings (SSSR count). The van der Waals surface area contributed by atoms with Gasteiger partial charge in [0.15, 0.2) is 4.96 Å². The molecular weight excluding hydrogens is 351 g/mol. The van der Waals surface area contributed by atoms with Gasteiger partial charge in [0, 0.05) is 29.3 Å². The molecule has 0 unspecified atom stereocenters. The summed E-state index contributed by atoms with van der Waals surface area (Å²) in [5, 5.41) is 8.73. The van der Waals surface area contributed by atoms with Gasteiger partial charge in [0.2, 0.25) is 0 Å². The average Bonchev–Trinajstić information content (AvgIpc) is 2.94. The largest absolute Gasteiger partial charge is 0.366 e. The van der Waals surface area contributed by atoms with Gasteiger partial charge in [-0.1, -0.05) is 0 Å². The molecule has 0 N–H and O–H groups in total. The molecule has 2 aromatic heterocycles. The highest BCUT2D eigenvalue weighted by Crippen LogP contribution is 2.22. The molecule has 7 heteroatoms. The summed E-state index contributed by atoms with van der Waals surface area (Å²) < 4.78 is 14.7. The molecule has 3 aromatic rings. The van der Waals surface area contributed by atoms with E-state index in [1.54, 1.807) is 18.2 Å². The van der Waals surface area contributed by atoms with Crippen LogP contribution in [0.25, 0.3) is 11.0 Å². The second kappa shape index (κ2) is 7.50. The predicted molar refractivity (Wildman–Crippen MR) is 102 cm³/mol. The SMILES string of the molecule is CCN(Cc1cc(=O)n2c(/C=C\C#N)c(C)sc2n1)c1ccc(F)cc1. The van der Waals surface area contributed by atoms with Gasteiger partial charge in [-0.15, -0.1) is 11.3 Å². The van der Waals surface area contributed by atoms with Crippen molar-refractivity contribution in [1.82, 2.24) is 9.38 Å². The van der Waals surface area contributed by atoms with Crippen LogP contribution in [0.4, 0.5) is 10.1 Å². The van der Waals surface area contributed by atoms with E-state index < -0.39 is 0 Å². The Balaban J connectivity index is 1.98. The molecule has 0 radical (unpaired) electrons. The first-order valence-corrected chi connectivity index (χ1v) is 8.94. The van der Waals surface area contributed by atoms with Crippen LogP contribution in [0.3, 0.4) is 0 Å². The predicted octanol–water partition coefficient (Wildman–Crippen LogP) is 3.77. The third-order valence-corrected chi connectivity index (χ3v) is 5.00. The molecule has 0 amide bonds.